The van der Waals surface area contributed by atoms with E-state index in [1.165, 1.54) is 28.6 Å². The Kier molecular flexibility index (Phi) is 6.86. The maximum absolute atomic E-state index is 13.2. The Morgan fingerprint density at radius 3 is 2.29 bits per heavy atom. The molecule has 0 unspecified atom stereocenters. The number of carbonyl (C=O) groups excluding carboxylic acids is 1. The minimum absolute atomic E-state index is 0.116. The van der Waals surface area contributed by atoms with Crippen LogP contribution in [0.4, 0.5) is 10.1 Å². The van der Waals surface area contributed by atoms with Gasteiger partial charge in [-0.25, -0.2) is 17.5 Å². The van der Waals surface area contributed by atoms with Gasteiger partial charge < -0.3 is 5.32 Å². The van der Waals surface area contributed by atoms with Crippen LogP contribution in [0.2, 0.25) is 0 Å². The standard InChI is InChI=1S/C25H29FN4O3S/c1-17-12-14-29(15-13-17)34(32,33)23-10-6-21(7-11-23)27-25(31)16-24-18(2)28-30(19(24)3)22-8-4-20(26)5-9-22/h4-11,17H,12-16H2,1-3H3,(H,27,31). The number of aryl methyl sites for hydroxylation is 1. The molecule has 0 spiro atoms. The molecule has 1 aliphatic heterocycles. The van der Waals surface area contributed by atoms with Crippen molar-refractivity contribution < 1.29 is 17.6 Å². The quantitative estimate of drug-likeness (QED) is 0.568. The molecule has 3 aromatic rings. The van der Waals surface area contributed by atoms with Gasteiger partial charge in [-0.15, -0.1) is 0 Å². The molecule has 2 heterocycles. The summed E-state index contributed by atoms with van der Waals surface area (Å²) >= 11 is 0. The second kappa shape index (κ2) is 9.68. The average molecular weight is 485 g/mol. The average Bonchev–Trinajstić information content (AvgIpc) is 3.08. The summed E-state index contributed by atoms with van der Waals surface area (Å²) in [7, 11) is -3.53. The number of amides is 1. The molecule has 0 radical (unpaired) electrons. The van der Waals surface area contributed by atoms with E-state index in [0.29, 0.717) is 36.1 Å². The normalized spacial score (nSPS) is 15.4. The third kappa shape index (κ3) is 5.05. The van der Waals surface area contributed by atoms with Crippen LogP contribution < -0.4 is 5.32 Å². The first-order valence-electron chi connectivity index (χ1n) is 11.4. The van der Waals surface area contributed by atoms with E-state index >= 15 is 0 Å². The van der Waals surface area contributed by atoms with E-state index in [9.17, 15) is 17.6 Å². The molecule has 2 aromatic carbocycles. The Bertz CT molecular complexity index is 1280. The van der Waals surface area contributed by atoms with E-state index in [0.717, 1.165) is 24.1 Å². The van der Waals surface area contributed by atoms with E-state index in [1.54, 1.807) is 28.9 Å². The van der Waals surface area contributed by atoms with Crippen LogP contribution in [0.5, 0.6) is 0 Å². The van der Waals surface area contributed by atoms with Crippen LogP contribution >= 0.6 is 0 Å². The number of hydrogen-bond acceptors (Lipinski definition) is 4. The molecule has 0 atom stereocenters. The zero-order chi connectivity index (χ0) is 24.5. The minimum Gasteiger partial charge on any atom is -0.326 e. The molecule has 0 aliphatic carbocycles. The summed E-state index contributed by atoms with van der Waals surface area (Å²) in [6, 6.07) is 12.3. The number of aromatic nitrogens is 2. The third-order valence-corrected chi connectivity index (χ3v) is 8.28. The monoisotopic (exact) mass is 484 g/mol. The topological polar surface area (TPSA) is 84.3 Å². The van der Waals surface area contributed by atoms with Crippen LogP contribution in [0.3, 0.4) is 0 Å². The van der Waals surface area contributed by atoms with E-state index in [1.807, 2.05) is 13.8 Å². The van der Waals surface area contributed by atoms with Crippen molar-refractivity contribution in [3.63, 3.8) is 0 Å². The predicted molar refractivity (Wildman–Crippen MR) is 129 cm³/mol. The summed E-state index contributed by atoms with van der Waals surface area (Å²) in [5, 5.41) is 7.33. The van der Waals surface area contributed by atoms with Crippen molar-refractivity contribution in [1.29, 1.82) is 0 Å². The summed E-state index contributed by atoms with van der Waals surface area (Å²) in [6.45, 7) is 6.90. The fourth-order valence-electron chi connectivity index (χ4n) is 4.21. The number of rotatable bonds is 6. The maximum Gasteiger partial charge on any atom is 0.243 e. The molecule has 1 aliphatic rings. The first-order valence-corrected chi connectivity index (χ1v) is 12.8. The second-order valence-electron chi connectivity index (χ2n) is 8.87. The molecular formula is C25H29FN4O3S. The summed E-state index contributed by atoms with van der Waals surface area (Å²) in [5.41, 5.74) is 3.55. The lowest BCUT2D eigenvalue weighted by Gasteiger charge is -2.29. The van der Waals surface area contributed by atoms with E-state index in [-0.39, 0.29) is 23.0 Å². The molecule has 0 bridgehead atoms. The van der Waals surface area contributed by atoms with Gasteiger partial charge in [-0.2, -0.15) is 9.40 Å². The highest BCUT2D eigenvalue weighted by Crippen LogP contribution is 2.25. The van der Waals surface area contributed by atoms with Crippen LogP contribution in [0.15, 0.2) is 53.4 Å². The summed E-state index contributed by atoms with van der Waals surface area (Å²) in [4.78, 5) is 12.9. The van der Waals surface area contributed by atoms with Crippen LogP contribution in [0.25, 0.3) is 5.69 Å². The van der Waals surface area contributed by atoms with Gasteiger partial charge >= 0.3 is 0 Å². The van der Waals surface area contributed by atoms with Gasteiger partial charge in [0.25, 0.3) is 0 Å². The Balaban J connectivity index is 1.43. The van der Waals surface area contributed by atoms with Crippen molar-refractivity contribution in [3.05, 3.63) is 71.3 Å². The lowest BCUT2D eigenvalue weighted by Crippen LogP contribution is -2.37. The van der Waals surface area contributed by atoms with Crippen LogP contribution in [0.1, 0.15) is 36.7 Å². The van der Waals surface area contributed by atoms with Gasteiger partial charge in [-0.3, -0.25) is 4.79 Å². The number of sulfonamides is 1. The second-order valence-corrected chi connectivity index (χ2v) is 10.8. The molecule has 1 fully saturated rings. The fraction of sp³-hybridized carbons (Fsp3) is 0.360. The Hall–Kier alpha value is -3.04. The molecule has 1 saturated heterocycles. The van der Waals surface area contributed by atoms with Crippen molar-refractivity contribution in [2.24, 2.45) is 5.92 Å². The van der Waals surface area contributed by atoms with Crippen LogP contribution in [-0.2, 0) is 21.2 Å². The molecule has 7 nitrogen and oxygen atoms in total. The highest BCUT2D eigenvalue weighted by molar-refractivity contribution is 7.89. The number of piperidine rings is 1. The lowest BCUT2D eigenvalue weighted by atomic mass is 10.0. The minimum atomic E-state index is -3.53. The van der Waals surface area contributed by atoms with E-state index < -0.39 is 10.0 Å². The van der Waals surface area contributed by atoms with Gasteiger partial charge in [0.2, 0.25) is 15.9 Å². The van der Waals surface area contributed by atoms with Crippen LogP contribution in [-0.4, -0.2) is 41.5 Å². The molecule has 1 aromatic heterocycles. The molecule has 1 amide bonds. The first-order chi connectivity index (χ1) is 16.1. The van der Waals surface area contributed by atoms with Gasteiger partial charge in [0.1, 0.15) is 5.82 Å². The third-order valence-electron chi connectivity index (χ3n) is 6.37. The lowest BCUT2D eigenvalue weighted by molar-refractivity contribution is -0.115. The first kappa shape index (κ1) is 24.1. The van der Waals surface area contributed by atoms with Crippen molar-refractivity contribution in [2.45, 2.75) is 44.9 Å². The van der Waals surface area contributed by atoms with Crippen LogP contribution in [0, 0.1) is 25.6 Å². The highest BCUT2D eigenvalue weighted by Gasteiger charge is 2.28. The molecule has 180 valence electrons. The maximum atomic E-state index is 13.2. The SMILES string of the molecule is Cc1nn(-c2ccc(F)cc2)c(C)c1CC(=O)Nc1ccc(S(=O)(=O)N2CCC(C)CC2)cc1. The largest absolute Gasteiger partial charge is 0.326 e. The molecule has 9 heteroatoms. The predicted octanol–water partition coefficient (Wildman–Crippen LogP) is 4.23. The summed E-state index contributed by atoms with van der Waals surface area (Å²) in [5.74, 6) is -0.0150. The number of carbonyl (C=O) groups is 1. The zero-order valence-corrected chi connectivity index (χ0v) is 20.4. The smallest absolute Gasteiger partial charge is 0.243 e. The van der Waals surface area contributed by atoms with Crippen molar-refractivity contribution in [1.82, 2.24) is 14.1 Å². The van der Waals surface area contributed by atoms with Gasteiger partial charge in [-0.1, -0.05) is 6.92 Å². The summed E-state index contributed by atoms with van der Waals surface area (Å²) in [6.07, 6.45) is 1.85. The molecule has 0 saturated carbocycles. The Morgan fingerprint density at radius 1 is 1.06 bits per heavy atom. The van der Waals surface area contributed by atoms with Gasteiger partial charge in [-0.05, 0) is 81.1 Å². The number of anilines is 1. The van der Waals surface area contributed by atoms with E-state index in [2.05, 4.69) is 17.3 Å². The van der Waals surface area contributed by atoms with Gasteiger partial charge in [0.15, 0.2) is 0 Å². The van der Waals surface area contributed by atoms with Crippen molar-refractivity contribution >= 4 is 21.6 Å². The van der Waals surface area contributed by atoms with Crippen molar-refractivity contribution in [2.75, 3.05) is 18.4 Å². The van der Waals surface area contributed by atoms with E-state index in [4.69, 9.17) is 0 Å². The number of hydrogen-bond donors (Lipinski definition) is 1. The molecule has 4 rings (SSSR count). The molecule has 1 N–H and O–H groups in total. The zero-order valence-electron chi connectivity index (χ0n) is 19.6. The number of benzene rings is 2. The van der Waals surface area contributed by atoms with Crippen molar-refractivity contribution in [3.8, 4) is 5.69 Å². The molecule has 34 heavy (non-hydrogen) atoms. The van der Waals surface area contributed by atoms with Gasteiger partial charge in [0, 0.05) is 30.0 Å². The Labute approximate surface area is 199 Å². The highest BCUT2D eigenvalue weighted by atomic mass is 32.2. The summed E-state index contributed by atoms with van der Waals surface area (Å²) < 4.78 is 42.3. The fourth-order valence-corrected chi connectivity index (χ4v) is 5.68. The number of halogens is 1. The number of nitrogens with one attached hydrogen (secondary N) is 1. The molecular weight excluding hydrogens is 455 g/mol. The van der Waals surface area contributed by atoms with Gasteiger partial charge in [0.05, 0.1) is 22.7 Å². The number of nitrogens with zero attached hydrogens (tertiary/aromatic N) is 3. The Morgan fingerprint density at radius 2 is 1.68 bits per heavy atom.